The monoisotopic (exact) mass is 229 g/mol. The summed E-state index contributed by atoms with van der Waals surface area (Å²) in [5, 5.41) is 13.4. The van der Waals surface area contributed by atoms with Crippen LogP contribution in [0.15, 0.2) is 30.6 Å². The van der Waals surface area contributed by atoms with Crippen molar-refractivity contribution in [2.45, 2.75) is 25.4 Å². The van der Waals surface area contributed by atoms with Gasteiger partial charge in [0.1, 0.15) is 5.75 Å². The molecule has 4 nitrogen and oxygen atoms in total. The molecule has 0 radical (unpaired) electrons. The summed E-state index contributed by atoms with van der Waals surface area (Å²) >= 11 is 0. The van der Waals surface area contributed by atoms with Gasteiger partial charge >= 0.3 is 0 Å². The zero-order chi connectivity index (χ0) is 11.8. The number of fused-ring (bicyclic) bond motifs is 1. The molecule has 2 heterocycles. The number of phenolic OH excluding ortho intramolecular Hbond substituents is 1. The summed E-state index contributed by atoms with van der Waals surface area (Å²) in [4.78, 5) is 7.54. The van der Waals surface area contributed by atoms with Crippen molar-refractivity contribution in [3.8, 4) is 5.75 Å². The van der Waals surface area contributed by atoms with Gasteiger partial charge in [-0.1, -0.05) is 18.2 Å². The Kier molecular flexibility index (Phi) is 2.37. The number of nitrogens with one attached hydrogen (secondary N) is 2. The van der Waals surface area contributed by atoms with E-state index in [0.29, 0.717) is 11.8 Å². The Bertz CT molecular complexity index is 535. The van der Waals surface area contributed by atoms with Gasteiger partial charge in [-0.25, -0.2) is 4.98 Å². The molecular weight excluding hydrogens is 214 g/mol. The molecule has 0 bridgehead atoms. The molecular formula is C13H15N3O. The van der Waals surface area contributed by atoms with E-state index in [-0.39, 0.29) is 6.04 Å². The molecule has 2 atom stereocenters. The topological polar surface area (TPSA) is 60.9 Å². The molecule has 0 amide bonds. The third-order valence-electron chi connectivity index (χ3n) is 3.23. The van der Waals surface area contributed by atoms with Gasteiger partial charge in [-0.2, -0.15) is 0 Å². The van der Waals surface area contributed by atoms with Crippen LogP contribution >= 0.6 is 0 Å². The highest BCUT2D eigenvalue weighted by molar-refractivity contribution is 5.41. The van der Waals surface area contributed by atoms with Crippen molar-refractivity contribution in [3.05, 3.63) is 47.5 Å². The minimum absolute atomic E-state index is 0.0267. The second-order valence-electron chi connectivity index (χ2n) is 4.53. The highest BCUT2D eigenvalue weighted by Crippen LogP contribution is 2.32. The molecule has 1 aliphatic rings. The second kappa shape index (κ2) is 3.89. The van der Waals surface area contributed by atoms with Crippen molar-refractivity contribution < 1.29 is 5.11 Å². The quantitative estimate of drug-likeness (QED) is 0.698. The molecule has 17 heavy (non-hydrogen) atoms. The molecule has 2 aromatic rings. The normalized spacial score (nSPS) is 23.4. The Hall–Kier alpha value is -1.81. The first-order chi connectivity index (χ1) is 8.25. The van der Waals surface area contributed by atoms with Gasteiger partial charge in [0.2, 0.25) is 0 Å². The highest BCUT2D eigenvalue weighted by atomic mass is 16.3. The summed E-state index contributed by atoms with van der Waals surface area (Å²) in [7, 11) is 0. The van der Waals surface area contributed by atoms with E-state index in [2.05, 4.69) is 22.2 Å². The lowest BCUT2D eigenvalue weighted by Gasteiger charge is -2.28. The first-order valence-corrected chi connectivity index (χ1v) is 5.82. The lowest BCUT2D eigenvalue weighted by atomic mass is 9.94. The SMILES string of the molecule is C[C@@H]1Cc2[nH]cnc2C(c2ccccc2O)N1. The average molecular weight is 229 g/mol. The van der Waals surface area contributed by atoms with E-state index in [1.807, 2.05) is 18.2 Å². The Balaban J connectivity index is 2.08. The van der Waals surface area contributed by atoms with Crippen LogP contribution in [0.1, 0.15) is 29.9 Å². The third-order valence-corrected chi connectivity index (χ3v) is 3.23. The Morgan fingerprint density at radius 3 is 3.00 bits per heavy atom. The molecule has 0 saturated heterocycles. The molecule has 1 aromatic heterocycles. The van der Waals surface area contributed by atoms with Gasteiger partial charge in [-0.15, -0.1) is 0 Å². The van der Waals surface area contributed by atoms with Gasteiger partial charge in [-0.3, -0.25) is 0 Å². The minimum atomic E-state index is -0.0267. The fraction of sp³-hybridized carbons (Fsp3) is 0.308. The van der Waals surface area contributed by atoms with Crippen LogP contribution in [0.25, 0.3) is 0 Å². The van der Waals surface area contributed by atoms with Crippen LogP contribution in [-0.4, -0.2) is 21.1 Å². The summed E-state index contributed by atoms with van der Waals surface area (Å²) in [6.45, 7) is 2.14. The Morgan fingerprint density at radius 2 is 2.18 bits per heavy atom. The molecule has 3 N–H and O–H groups in total. The lowest BCUT2D eigenvalue weighted by Crippen LogP contribution is -2.38. The minimum Gasteiger partial charge on any atom is -0.508 e. The molecule has 0 spiro atoms. The van der Waals surface area contributed by atoms with Crippen LogP contribution in [0.5, 0.6) is 5.75 Å². The summed E-state index contributed by atoms with van der Waals surface area (Å²) < 4.78 is 0. The number of aromatic hydroxyl groups is 1. The third kappa shape index (κ3) is 1.70. The Morgan fingerprint density at radius 1 is 1.35 bits per heavy atom. The number of benzene rings is 1. The van der Waals surface area contributed by atoms with Crippen molar-refractivity contribution in [1.29, 1.82) is 0 Å². The zero-order valence-corrected chi connectivity index (χ0v) is 9.64. The predicted octanol–water partition coefficient (Wildman–Crippen LogP) is 1.74. The summed E-state index contributed by atoms with van der Waals surface area (Å²) in [5.41, 5.74) is 3.03. The van der Waals surface area contributed by atoms with Gasteiger partial charge < -0.3 is 15.4 Å². The lowest BCUT2D eigenvalue weighted by molar-refractivity contribution is 0.423. The number of aromatic amines is 1. The number of H-pyrrole nitrogens is 1. The van der Waals surface area contributed by atoms with Crippen LogP contribution in [-0.2, 0) is 6.42 Å². The van der Waals surface area contributed by atoms with Crippen molar-refractivity contribution in [2.24, 2.45) is 0 Å². The average Bonchev–Trinajstić information content (AvgIpc) is 2.76. The van der Waals surface area contributed by atoms with E-state index in [0.717, 1.165) is 23.4 Å². The van der Waals surface area contributed by atoms with Crippen molar-refractivity contribution in [2.75, 3.05) is 0 Å². The fourth-order valence-corrected chi connectivity index (χ4v) is 2.44. The van der Waals surface area contributed by atoms with Crippen LogP contribution in [0.3, 0.4) is 0 Å². The van der Waals surface area contributed by atoms with E-state index < -0.39 is 0 Å². The number of hydrogen-bond acceptors (Lipinski definition) is 3. The van der Waals surface area contributed by atoms with Gasteiger partial charge in [-0.05, 0) is 13.0 Å². The standard InChI is InChI=1S/C13H15N3O/c1-8-6-10-13(15-7-14-10)12(16-8)9-4-2-3-5-11(9)17/h2-5,7-8,12,16-17H,6H2,1H3,(H,14,15)/t8-,12?/m1/s1. The zero-order valence-electron chi connectivity index (χ0n) is 9.64. The first-order valence-electron chi connectivity index (χ1n) is 5.82. The molecule has 0 aliphatic carbocycles. The van der Waals surface area contributed by atoms with E-state index >= 15 is 0 Å². The maximum absolute atomic E-state index is 9.93. The molecule has 88 valence electrons. The molecule has 1 aromatic carbocycles. The number of aromatic nitrogens is 2. The molecule has 4 heteroatoms. The van der Waals surface area contributed by atoms with Crippen LogP contribution < -0.4 is 5.32 Å². The number of phenols is 1. The van der Waals surface area contributed by atoms with Crippen LogP contribution in [0, 0.1) is 0 Å². The fourth-order valence-electron chi connectivity index (χ4n) is 2.44. The Labute approximate surface area is 99.7 Å². The summed E-state index contributed by atoms with van der Waals surface area (Å²) in [6.07, 6.45) is 2.66. The number of nitrogens with zero attached hydrogens (tertiary/aromatic N) is 1. The van der Waals surface area contributed by atoms with E-state index in [9.17, 15) is 5.11 Å². The van der Waals surface area contributed by atoms with Crippen molar-refractivity contribution in [1.82, 2.24) is 15.3 Å². The summed E-state index contributed by atoms with van der Waals surface area (Å²) in [6, 6.07) is 7.75. The molecule has 3 rings (SSSR count). The van der Waals surface area contributed by atoms with Gasteiger partial charge in [0.15, 0.2) is 0 Å². The maximum Gasteiger partial charge on any atom is 0.120 e. The van der Waals surface area contributed by atoms with Crippen molar-refractivity contribution in [3.63, 3.8) is 0 Å². The van der Waals surface area contributed by atoms with E-state index in [1.165, 1.54) is 0 Å². The van der Waals surface area contributed by atoms with Crippen LogP contribution in [0.2, 0.25) is 0 Å². The van der Waals surface area contributed by atoms with Crippen molar-refractivity contribution >= 4 is 0 Å². The smallest absolute Gasteiger partial charge is 0.120 e. The number of rotatable bonds is 1. The van der Waals surface area contributed by atoms with Crippen LogP contribution in [0.4, 0.5) is 0 Å². The number of imidazole rings is 1. The number of para-hydroxylation sites is 1. The van der Waals surface area contributed by atoms with E-state index in [1.54, 1.807) is 12.4 Å². The number of hydrogen-bond donors (Lipinski definition) is 3. The highest BCUT2D eigenvalue weighted by Gasteiger charge is 2.28. The first kappa shape index (κ1) is 10.4. The largest absolute Gasteiger partial charge is 0.508 e. The molecule has 1 unspecified atom stereocenters. The van der Waals surface area contributed by atoms with Gasteiger partial charge in [0.25, 0.3) is 0 Å². The molecule has 1 aliphatic heterocycles. The second-order valence-corrected chi connectivity index (χ2v) is 4.53. The van der Waals surface area contributed by atoms with E-state index in [4.69, 9.17) is 0 Å². The molecule has 0 fully saturated rings. The predicted molar refractivity (Wildman–Crippen MR) is 64.8 cm³/mol. The molecule has 0 saturated carbocycles. The maximum atomic E-state index is 9.93. The van der Waals surface area contributed by atoms with Gasteiger partial charge in [0.05, 0.1) is 18.1 Å². The summed E-state index contributed by atoms with van der Waals surface area (Å²) in [5.74, 6) is 0.313. The van der Waals surface area contributed by atoms with Gasteiger partial charge in [0, 0.05) is 23.7 Å².